The Kier molecular flexibility index (Phi) is 4.26. The van der Waals surface area contributed by atoms with E-state index in [1.165, 1.54) is 6.07 Å². The first-order valence-corrected chi connectivity index (χ1v) is 7.92. The maximum Gasteiger partial charge on any atom is 0.269 e. The van der Waals surface area contributed by atoms with Crippen molar-refractivity contribution >= 4 is 29.4 Å². The average molecular weight is 336 g/mol. The zero-order valence-corrected chi connectivity index (χ0v) is 13.0. The van der Waals surface area contributed by atoms with Crippen molar-refractivity contribution in [1.82, 2.24) is 10.9 Å². The third-order valence-electron chi connectivity index (χ3n) is 4.88. The van der Waals surface area contributed by atoms with Crippen LogP contribution in [0, 0.1) is 23.7 Å². The number of halogens is 1. The summed E-state index contributed by atoms with van der Waals surface area (Å²) in [5.41, 5.74) is 4.96. The second-order valence-corrected chi connectivity index (χ2v) is 6.59. The van der Waals surface area contributed by atoms with Crippen LogP contribution in [0.5, 0.6) is 0 Å². The quantitative estimate of drug-likeness (QED) is 0.786. The van der Waals surface area contributed by atoms with Crippen LogP contribution in [-0.4, -0.2) is 17.8 Å². The van der Waals surface area contributed by atoms with E-state index in [-0.39, 0.29) is 11.8 Å². The van der Waals surface area contributed by atoms with Gasteiger partial charge in [0.15, 0.2) is 0 Å². The van der Waals surface area contributed by atoms with E-state index in [9.17, 15) is 19.5 Å². The maximum absolute atomic E-state index is 12.3. The first kappa shape index (κ1) is 15.8. The summed E-state index contributed by atoms with van der Waals surface area (Å²) < 4.78 is 0. The van der Waals surface area contributed by atoms with Gasteiger partial charge in [0, 0.05) is 22.5 Å². The minimum atomic E-state index is -1.18. The molecule has 2 saturated carbocycles. The number of hydrogen-bond donors (Lipinski definition) is 2. The highest BCUT2D eigenvalue weighted by atomic mass is 35.5. The topological polar surface area (TPSA) is 98.3 Å². The number of hydrogen-bond acceptors (Lipinski definition) is 4. The van der Waals surface area contributed by atoms with E-state index in [0.717, 1.165) is 19.3 Å². The van der Waals surface area contributed by atoms with Crippen LogP contribution < -0.4 is 16.0 Å². The van der Waals surface area contributed by atoms with Crippen molar-refractivity contribution in [3.8, 4) is 0 Å². The van der Waals surface area contributed by atoms with Gasteiger partial charge in [-0.2, -0.15) is 0 Å². The van der Waals surface area contributed by atoms with Crippen LogP contribution in [0.3, 0.4) is 0 Å². The number of hydrazine groups is 1. The summed E-state index contributed by atoms with van der Waals surface area (Å²) in [5, 5.41) is 11.7. The van der Waals surface area contributed by atoms with Crippen LogP contribution in [0.25, 0.3) is 0 Å². The fourth-order valence-corrected chi connectivity index (χ4v) is 4.10. The van der Waals surface area contributed by atoms with E-state index in [4.69, 9.17) is 11.6 Å². The minimum absolute atomic E-state index is 0.00406. The Hall–Kier alpha value is -2.08. The van der Waals surface area contributed by atoms with Gasteiger partial charge in [-0.05, 0) is 49.3 Å². The molecule has 0 aromatic heterocycles. The zero-order valence-electron chi connectivity index (χ0n) is 12.3. The molecule has 7 heteroatoms. The summed E-state index contributed by atoms with van der Waals surface area (Å²) in [6, 6.07) is 6.30. The Morgan fingerprint density at radius 3 is 2.43 bits per heavy atom. The fourth-order valence-electron chi connectivity index (χ4n) is 3.91. The fraction of sp³-hybridized carbons (Fsp3) is 0.438. The van der Waals surface area contributed by atoms with Crippen LogP contribution in [0.15, 0.2) is 24.3 Å². The number of fused-ring (bicyclic) bond motifs is 2. The minimum Gasteiger partial charge on any atom is -0.550 e. The highest BCUT2D eigenvalue weighted by Crippen LogP contribution is 2.52. The summed E-state index contributed by atoms with van der Waals surface area (Å²) in [5.74, 6) is -3.51. The van der Waals surface area contributed by atoms with Crippen LogP contribution in [0.1, 0.15) is 29.6 Å². The normalized spacial score (nSPS) is 28.4. The number of carboxylic acids is 1. The molecule has 2 fully saturated rings. The molecule has 2 amide bonds. The third-order valence-corrected chi connectivity index (χ3v) is 5.11. The molecule has 2 aliphatic carbocycles. The number of nitrogens with one attached hydrogen (secondary N) is 2. The number of aliphatic carboxylic acids is 1. The van der Waals surface area contributed by atoms with E-state index in [0.29, 0.717) is 10.6 Å². The van der Waals surface area contributed by atoms with Gasteiger partial charge in [0.1, 0.15) is 0 Å². The Labute approximate surface area is 138 Å². The van der Waals surface area contributed by atoms with Gasteiger partial charge in [0.25, 0.3) is 5.91 Å². The van der Waals surface area contributed by atoms with Gasteiger partial charge >= 0.3 is 0 Å². The highest BCUT2D eigenvalue weighted by molar-refractivity contribution is 6.30. The van der Waals surface area contributed by atoms with Crippen LogP contribution >= 0.6 is 11.6 Å². The zero-order chi connectivity index (χ0) is 16.6. The third kappa shape index (κ3) is 3.03. The molecule has 1 aromatic carbocycles. The van der Waals surface area contributed by atoms with E-state index in [1.54, 1.807) is 18.2 Å². The highest BCUT2D eigenvalue weighted by Gasteiger charge is 2.51. The number of carboxylic acid groups (broad SMARTS) is 1. The predicted octanol–water partition coefficient (Wildman–Crippen LogP) is 0.513. The molecule has 0 spiro atoms. The molecule has 2 bridgehead atoms. The Bertz CT molecular complexity index is 663. The Balaban J connectivity index is 1.63. The van der Waals surface area contributed by atoms with Gasteiger partial charge in [0.05, 0.1) is 5.92 Å². The van der Waals surface area contributed by atoms with Crippen LogP contribution in [0.4, 0.5) is 0 Å². The van der Waals surface area contributed by atoms with Crippen molar-refractivity contribution in [2.24, 2.45) is 23.7 Å². The van der Waals surface area contributed by atoms with Crippen molar-refractivity contribution in [2.75, 3.05) is 0 Å². The van der Waals surface area contributed by atoms with E-state index >= 15 is 0 Å². The molecular formula is C16H16ClN2O4-. The molecule has 122 valence electrons. The lowest BCUT2D eigenvalue weighted by molar-refractivity contribution is -0.314. The van der Waals surface area contributed by atoms with E-state index < -0.39 is 29.6 Å². The molecule has 3 rings (SSSR count). The van der Waals surface area contributed by atoms with Crippen LogP contribution in [0.2, 0.25) is 5.02 Å². The van der Waals surface area contributed by atoms with Crippen molar-refractivity contribution < 1.29 is 19.5 Å². The summed E-state index contributed by atoms with van der Waals surface area (Å²) in [6.07, 6.45) is 2.40. The number of amides is 2. The van der Waals surface area contributed by atoms with Gasteiger partial charge in [-0.1, -0.05) is 17.7 Å². The lowest BCUT2D eigenvalue weighted by Crippen LogP contribution is -2.50. The molecule has 6 nitrogen and oxygen atoms in total. The lowest BCUT2D eigenvalue weighted by Gasteiger charge is -2.30. The summed E-state index contributed by atoms with van der Waals surface area (Å²) in [7, 11) is 0. The maximum atomic E-state index is 12.3. The first-order chi connectivity index (χ1) is 11.0. The van der Waals surface area contributed by atoms with Gasteiger partial charge in [0.2, 0.25) is 5.91 Å². The molecule has 0 heterocycles. The average Bonchev–Trinajstić information content (AvgIpc) is 3.13. The van der Waals surface area contributed by atoms with E-state index in [2.05, 4.69) is 10.9 Å². The largest absolute Gasteiger partial charge is 0.550 e. The summed E-state index contributed by atoms with van der Waals surface area (Å²) in [4.78, 5) is 35.6. The monoisotopic (exact) mass is 335 g/mol. The van der Waals surface area contributed by atoms with Gasteiger partial charge in [-0.15, -0.1) is 0 Å². The van der Waals surface area contributed by atoms with Crippen molar-refractivity contribution in [3.63, 3.8) is 0 Å². The number of benzene rings is 1. The standard InChI is InChI=1S/C16H17ClN2O4/c17-11-3-1-2-10(7-11)14(20)18-19-15(21)12-8-4-5-9(6-8)13(12)16(22)23/h1-3,7-9,12-13H,4-6H2,(H,18,20)(H,19,21)(H,22,23)/p-1/t8-,9+,12-,13+/m1/s1. The van der Waals surface area contributed by atoms with Gasteiger partial charge in [-0.25, -0.2) is 0 Å². The predicted molar refractivity (Wildman–Crippen MR) is 79.9 cm³/mol. The van der Waals surface area contributed by atoms with E-state index in [1.807, 2.05) is 0 Å². The molecule has 23 heavy (non-hydrogen) atoms. The second kappa shape index (κ2) is 6.20. The molecule has 0 aliphatic heterocycles. The molecule has 1 aromatic rings. The number of carbonyl (C=O) groups is 3. The molecule has 2 aliphatic rings. The first-order valence-electron chi connectivity index (χ1n) is 7.54. The number of rotatable bonds is 3. The van der Waals surface area contributed by atoms with Gasteiger partial charge in [-0.3, -0.25) is 20.4 Å². The van der Waals surface area contributed by atoms with Crippen LogP contribution in [-0.2, 0) is 9.59 Å². The second-order valence-electron chi connectivity index (χ2n) is 6.16. The molecular weight excluding hydrogens is 320 g/mol. The lowest BCUT2D eigenvalue weighted by atomic mass is 9.79. The molecule has 2 N–H and O–H groups in total. The Morgan fingerprint density at radius 1 is 1.09 bits per heavy atom. The molecule has 0 saturated heterocycles. The van der Waals surface area contributed by atoms with Gasteiger partial charge < -0.3 is 9.90 Å². The Morgan fingerprint density at radius 2 is 1.78 bits per heavy atom. The smallest absolute Gasteiger partial charge is 0.269 e. The number of carbonyl (C=O) groups excluding carboxylic acids is 3. The summed E-state index contributed by atoms with van der Waals surface area (Å²) in [6.45, 7) is 0. The SMILES string of the molecule is O=C(NNC(=O)[C@@H]1[C@@H]2CC[C@@H](C2)[C@@H]1C(=O)[O-])c1cccc(Cl)c1. The molecule has 4 atom stereocenters. The molecule has 0 radical (unpaired) electrons. The summed E-state index contributed by atoms with van der Waals surface area (Å²) >= 11 is 5.81. The van der Waals surface area contributed by atoms with Crippen molar-refractivity contribution in [1.29, 1.82) is 0 Å². The van der Waals surface area contributed by atoms with Crippen molar-refractivity contribution in [2.45, 2.75) is 19.3 Å². The molecule has 0 unspecified atom stereocenters. The van der Waals surface area contributed by atoms with Crippen molar-refractivity contribution in [3.05, 3.63) is 34.9 Å².